The highest BCUT2D eigenvalue weighted by Gasteiger charge is 2.53. The first-order valence-electron chi connectivity index (χ1n) is 12.9. The molecule has 6 nitrogen and oxygen atoms in total. The van der Waals surface area contributed by atoms with Gasteiger partial charge in [-0.3, -0.25) is 14.4 Å². The van der Waals surface area contributed by atoms with Crippen molar-refractivity contribution in [3.8, 4) is 0 Å². The second-order valence-electron chi connectivity index (χ2n) is 9.86. The van der Waals surface area contributed by atoms with E-state index in [1.165, 1.54) is 32.8 Å². The van der Waals surface area contributed by atoms with E-state index >= 15 is 0 Å². The Morgan fingerprint density at radius 1 is 1.06 bits per heavy atom. The van der Waals surface area contributed by atoms with Gasteiger partial charge in [-0.1, -0.05) is 51.5 Å². The quantitative estimate of drug-likeness (QED) is 0.356. The third-order valence-electron chi connectivity index (χ3n) is 7.58. The van der Waals surface area contributed by atoms with Crippen molar-refractivity contribution in [3.05, 3.63) is 11.8 Å². The van der Waals surface area contributed by atoms with Crippen LogP contribution < -0.4 is 0 Å². The maximum absolute atomic E-state index is 13.6. The summed E-state index contributed by atoms with van der Waals surface area (Å²) in [4.78, 5) is 43.5. The Morgan fingerprint density at radius 3 is 2.50 bits per heavy atom. The van der Waals surface area contributed by atoms with Crippen LogP contribution in [0.5, 0.6) is 0 Å². The first-order chi connectivity index (χ1) is 15.5. The first-order valence-corrected chi connectivity index (χ1v) is 12.9. The lowest BCUT2D eigenvalue weighted by Gasteiger charge is -2.46. The minimum atomic E-state index is -0.794. The molecule has 3 aliphatic rings. The predicted octanol–water partition coefficient (Wildman–Crippen LogP) is 4.83. The zero-order valence-corrected chi connectivity index (χ0v) is 20.2. The number of likely N-dealkylation sites (tertiary alicyclic amines) is 2. The molecule has 0 saturated carbocycles. The highest BCUT2D eigenvalue weighted by atomic mass is 16.5. The van der Waals surface area contributed by atoms with Crippen molar-refractivity contribution in [1.29, 1.82) is 0 Å². The monoisotopic (exact) mass is 446 g/mol. The normalized spacial score (nSPS) is 25.9. The van der Waals surface area contributed by atoms with E-state index in [0.29, 0.717) is 19.4 Å². The predicted molar refractivity (Wildman–Crippen MR) is 125 cm³/mol. The number of hydrogen-bond acceptors (Lipinski definition) is 4. The number of methoxy groups -OCH3 is 1. The van der Waals surface area contributed by atoms with Gasteiger partial charge in [0.05, 0.1) is 7.11 Å². The first kappa shape index (κ1) is 24.8. The maximum Gasteiger partial charge on any atom is 0.317 e. The average Bonchev–Trinajstić information content (AvgIpc) is 3.25. The Morgan fingerprint density at radius 2 is 1.78 bits per heavy atom. The molecule has 6 heteroatoms. The lowest BCUT2D eigenvalue weighted by atomic mass is 9.69. The van der Waals surface area contributed by atoms with Crippen LogP contribution in [0.1, 0.15) is 96.8 Å². The van der Waals surface area contributed by atoms with Crippen LogP contribution in [0.3, 0.4) is 0 Å². The SMILES string of the molecule is CCCCCCCCN1C(=O)[C@H](CC(=O)N2CCCC2)C[C@@]2(C(=O)OC)CCCCC=C12. The number of ether oxygens (including phenoxy) is 1. The van der Waals surface area contributed by atoms with E-state index in [9.17, 15) is 14.4 Å². The van der Waals surface area contributed by atoms with Crippen LogP contribution in [-0.2, 0) is 19.1 Å². The van der Waals surface area contributed by atoms with E-state index in [2.05, 4.69) is 13.0 Å². The molecule has 0 N–H and O–H groups in total. The molecule has 2 amide bonds. The van der Waals surface area contributed by atoms with Gasteiger partial charge in [-0.2, -0.15) is 0 Å². The van der Waals surface area contributed by atoms with Gasteiger partial charge >= 0.3 is 5.97 Å². The smallest absolute Gasteiger partial charge is 0.317 e. The Bertz CT molecular complexity index is 698. The molecule has 2 saturated heterocycles. The molecule has 180 valence electrons. The molecular formula is C26H42N2O4. The molecule has 0 radical (unpaired) electrons. The second-order valence-corrected chi connectivity index (χ2v) is 9.86. The Labute approximate surface area is 193 Å². The van der Waals surface area contributed by atoms with Crippen LogP contribution in [0.2, 0.25) is 0 Å². The number of allylic oxidation sites excluding steroid dienone is 1. The van der Waals surface area contributed by atoms with Gasteiger partial charge in [-0.25, -0.2) is 0 Å². The number of nitrogens with zero attached hydrogens (tertiary/aromatic N) is 2. The highest BCUT2D eigenvalue weighted by Crippen LogP contribution is 2.49. The number of fused-ring (bicyclic) bond motifs is 1. The third-order valence-corrected chi connectivity index (χ3v) is 7.58. The van der Waals surface area contributed by atoms with Crippen molar-refractivity contribution in [2.75, 3.05) is 26.7 Å². The standard InChI is InChI=1S/C26H42N2O4/c1-3-4-5-6-7-11-18-28-22-14-9-8-10-15-26(22,25(31)32-2)20-21(24(28)30)19-23(29)27-16-12-13-17-27/h14,21H,3-13,15-20H2,1-2H3/t21-,26+/m1/s1. The number of hydrogen-bond donors (Lipinski definition) is 0. The number of esters is 1. The molecule has 0 aromatic heterocycles. The molecule has 2 aliphatic heterocycles. The van der Waals surface area contributed by atoms with Crippen LogP contribution in [-0.4, -0.2) is 54.3 Å². The summed E-state index contributed by atoms with van der Waals surface area (Å²) in [6, 6.07) is 0. The summed E-state index contributed by atoms with van der Waals surface area (Å²) in [5.74, 6) is -0.609. The van der Waals surface area contributed by atoms with Crippen LogP contribution in [0.25, 0.3) is 0 Å². The highest BCUT2D eigenvalue weighted by molar-refractivity contribution is 5.92. The molecule has 2 atom stereocenters. The number of rotatable bonds is 10. The Kier molecular flexibility index (Phi) is 9.18. The Balaban J connectivity index is 1.80. The number of carbonyl (C=O) groups excluding carboxylic acids is 3. The molecule has 0 unspecified atom stereocenters. The van der Waals surface area contributed by atoms with Gasteiger partial charge in [0.1, 0.15) is 5.41 Å². The largest absolute Gasteiger partial charge is 0.468 e. The van der Waals surface area contributed by atoms with Crippen molar-refractivity contribution in [2.24, 2.45) is 11.3 Å². The Hall–Kier alpha value is -1.85. The van der Waals surface area contributed by atoms with E-state index in [0.717, 1.165) is 63.7 Å². The molecular weight excluding hydrogens is 404 g/mol. The fourth-order valence-corrected chi connectivity index (χ4v) is 5.79. The zero-order chi connectivity index (χ0) is 23.0. The van der Waals surface area contributed by atoms with Crippen molar-refractivity contribution >= 4 is 17.8 Å². The van der Waals surface area contributed by atoms with Crippen molar-refractivity contribution in [3.63, 3.8) is 0 Å². The maximum atomic E-state index is 13.6. The number of carbonyl (C=O) groups is 3. The van der Waals surface area contributed by atoms with Gasteiger partial charge in [0.25, 0.3) is 0 Å². The zero-order valence-electron chi connectivity index (χ0n) is 20.2. The summed E-state index contributed by atoms with van der Waals surface area (Å²) in [7, 11) is 1.44. The summed E-state index contributed by atoms with van der Waals surface area (Å²) in [6.45, 7) is 4.41. The van der Waals surface area contributed by atoms with Crippen molar-refractivity contribution in [1.82, 2.24) is 9.80 Å². The molecule has 0 aromatic carbocycles. The van der Waals surface area contributed by atoms with E-state index in [4.69, 9.17) is 4.74 Å². The summed E-state index contributed by atoms with van der Waals surface area (Å²) in [6.07, 6.45) is 15.2. The molecule has 2 fully saturated rings. The summed E-state index contributed by atoms with van der Waals surface area (Å²) >= 11 is 0. The molecule has 0 bridgehead atoms. The molecule has 0 spiro atoms. The minimum Gasteiger partial charge on any atom is -0.468 e. The van der Waals surface area contributed by atoms with E-state index < -0.39 is 11.3 Å². The molecule has 0 aromatic rings. The number of unbranched alkanes of at least 4 members (excludes halogenated alkanes) is 5. The fraction of sp³-hybridized carbons (Fsp3) is 0.808. The van der Waals surface area contributed by atoms with E-state index in [1.54, 1.807) is 0 Å². The minimum absolute atomic E-state index is 0.0267. The van der Waals surface area contributed by atoms with Crippen LogP contribution in [0.15, 0.2) is 11.8 Å². The summed E-state index contributed by atoms with van der Waals surface area (Å²) in [5.41, 5.74) is 0.0578. The van der Waals surface area contributed by atoms with E-state index in [-0.39, 0.29) is 24.2 Å². The van der Waals surface area contributed by atoms with Crippen LogP contribution in [0, 0.1) is 11.3 Å². The summed E-state index contributed by atoms with van der Waals surface area (Å²) in [5, 5.41) is 0. The molecule has 3 rings (SSSR count). The molecule has 32 heavy (non-hydrogen) atoms. The average molecular weight is 447 g/mol. The van der Waals surface area contributed by atoms with Gasteiger partial charge in [0.15, 0.2) is 0 Å². The lowest BCUT2D eigenvalue weighted by Crippen LogP contribution is -2.53. The van der Waals surface area contributed by atoms with Gasteiger partial charge in [-0.15, -0.1) is 0 Å². The van der Waals surface area contributed by atoms with Gasteiger partial charge in [0, 0.05) is 37.7 Å². The van der Waals surface area contributed by atoms with Gasteiger partial charge in [0.2, 0.25) is 11.8 Å². The third kappa shape index (κ3) is 5.55. The summed E-state index contributed by atoms with van der Waals surface area (Å²) < 4.78 is 5.30. The van der Waals surface area contributed by atoms with Crippen LogP contribution >= 0.6 is 0 Å². The van der Waals surface area contributed by atoms with Crippen molar-refractivity contribution in [2.45, 2.75) is 96.8 Å². The second kappa shape index (κ2) is 11.9. The van der Waals surface area contributed by atoms with Gasteiger partial charge in [-0.05, 0) is 44.9 Å². The number of piperidine rings is 1. The van der Waals surface area contributed by atoms with E-state index in [1.807, 2.05) is 9.80 Å². The topological polar surface area (TPSA) is 66.9 Å². The fourth-order valence-electron chi connectivity index (χ4n) is 5.79. The number of amides is 2. The molecule has 1 aliphatic carbocycles. The van der Waals surface area contributed by atoms with Crippen molar-refractivity contribution < 1.29 is 19.1 Å². The van der Waals surface area contributed by atoms with Crippen LogP contribution in [0.4, 0.5) is 0 Å². The lowest BCUT2D eigenvalue weighted by molar-refractivity contribution is -0.160. The van der Waals surface area contributed by atoms with Gasteiger partial charge < -0.3 is 14.5 Å². The molecule has 2 heterocycles.